The maximum Gasteiger partial charge on any atom is 0.152 e. The summed E-state index contributed by atoms with van der Waals surface area (Å²) in [6.45, 7) is 4.87. The van der Waals surface area contributed by atoms with Crippen LogP contribution >= 0.6 is 0 Å². The zero-order valence-electron chi connectivity index (χ0n) is 12.4. The summed E-state index contributed by atoms with van der Waals surface area (Å²) in [5.41, 5.74) is 0.946. The van der Waals surface area contributed by atoms with Gasteiger partial charge in [0, 0.05) is 25.7 Å². The summed E-state index contributed by atoms with van der Waals surface area (Å²) in [6, 6.07) is 6.76. The first kappa shape index (κ1) is 16.4. The van der Waals surface area contributed by atoms with E-state index < -0.39 is 9.84 Å². The monoisotopic (exact) mass is 314 g/mol. The molecule has 1 N–H and O–H groups in total. The second-order valence-corrected chi connectivity index (χ2v) is 7.75. The Bertz CT molecular complexity index is 549. The Morgan fingerprint density at radius 1 is 1.33 bits per heavy atom. The quantitative estimate of drug-likeness (QED) is 0.866. The largest absolute Gasteiger partial charge is 0.310 e. The molecule has 118 valence electrons. The van der Waals surface area contributed by atoms with Gasteiger partial charge in [-0.15, -0.1) is 0 Å². The summed E-state index contributed by atoms with van der Waals surface area (Å²) in [7, 11) is -2.83. The highest BCUT2D eigenvalue weighted by Gasteiger charge is 2.22. The molecule has 0 aliphatic carbocycles. The van der Waals surface area contributed by atoms with Gasteiger partial charge in [-0.05, 0) is 30.7 Å². The molecule has 4 nitrogen and oxygen atoms in total. The third-order valence-electron chi connectivity index (χ3n) is 3.87. The molecule has 1 heterocycles. The first-order valence-electron chi connectivity index (χ1n) is 7.42. The van der Waals surface area contributed by atoms with E-state index in [4.69, 9.17) is 0 Å². The lowest BCUT2D eigenvalue weighted by atomic mass is 10.0. The number of sulfone groups is 1. The van der Waals surface area contributed by atoms with Crippen molar-refractivity contribution < 1.29 is 12.8 Å². The lowest BCUT2D eigenvalue weighted by Gasteiger charge is -2.28. The van der Waals surface area contributed by atoms with Crippen molar-refractivity contribution in [1.29, 1.82) is 0 Å². The van der Waals surface area contributed by atoms with Gasteiger partial charge in [-0.1, -0.05) is 19.1 Å². The minimum Gasteiger partial charge on any atom is -0.310 e. The van der Waals surface area contributed by atoms with E-state index >= 15 is 0 Å². The Labute approximate surface area is 126 Å². The molecule has 0 aromatic heterocycles. The minimum absolute atomic E-state index is 0.101. The first-order chi connectivity index (χ1) is 10.00. The van der Waals surface area contributed by atoms with Crippen LogP contribution in [0.15, 0.2) is 24.3 Å². The van der Waals surface area contributed by atoms with Crippen molar-refractivity contribution in [2.75, 3.05) is 37.7 Å². The summed E-state index contributed by atoms with van der Waals surface area (Å²) in [4.78, 5) is 2.17. The molecule has 0 bridgehead atoms. The van der Waals surface area contributed by atoms with Crippen molar-refractivity contribution in [2.24, 2.45) is 0 Å². The molecule has 1 aromatic rings. The standard InChI is InChI=1S/C15H23FN2O2S/c1-2-17-15(13-4-3-5-14(16)12-13)6-7-18-8-10-21(19,20)11-9-18/h3-5,12,15,17H,2,6-11H2,1H3. The van der Waals surface area contributed by atoms with Crippen LogP contribution in [0.1, 0.15) is 24.9 Å². The molecule has 1 aromatic carbocycles. The van der Waals surface area contributed by atoms with Crippen LogP contribution in [-0.2, 0) is 9.84 Å². The van der Waals surface area contributed by atoms with Gasteiger partial charge in [-0.25, -0.2) is 12.8 Å². The third-order valence-corrected chi connectivity index (χ3v) is 5.48. The SMILES string of the molecule is CCNC(CCN1CCS(=O)(=O)CC1)c1cccc(F)c1. The maximum atomic E-state index is 13.3. The number of benzene rings is 1. The Balaban J connectivity index is 1.92. The Hall–Kier alpha value is -0.980. The molecule has 6 heteroatoms. The fourth-order valence-electron chi connectivity index (χ4n) is 2.64. The van der Waals surface area contributed by atoms with Crippen LogP contribution in [0.4, 0.5) is 4.39 Å². The Morgan fingerprint density at radius 2 is 2.05 bits per heavy atom. The molecule has 0 spiro atoms. The molecule has 0 saturated carbocycles. The van der Waals surface area contributed by atoms with Crippen LogP contribution in [0.3, 0.4) is 0 Å². The lowest BCUT2D eigenvalue weighted by molar-refractivity contribution is 0.276. The smallest absolute Gasteiger partial charge is 0.152 e. The second-order valence-electron chi connectivity index (χ2n) is 5.45. The molecule has 1 aliphatic rings. The highest BCUT2D eigenvalue weighted by molar-refractivity contribution is 7.91. The Morgan fingerprint density at radius 3 is 2.67 bits per heavy atom. The lowest BCUT2D eigenvalue weighted by Crippen LogP contribution is -2.41. The van der Waals surface area contributed by atoms with Crippen LogP contribution < -0.4 is 5.32 Å². The average molecular weight is 314 g/mol. The molecule has 1 aliphatic heterocycles. The topological polar surface area (TPSA) is 49.4 Å². The molecule has 1 atom stereocenters. The highest BCUT2D eigenvalue weighted by Crippen LogP contribution is 2.19. The molecule has 1 unspecified atom stereocenters. The summed E-state index contributed by atoms with van der Waals surface area (Å²) >= 11 is 0. The van der Waals surface area contributed by atoms with Gasteiger partial charge in [0.1, 0.15) is 5.82 Å². The van der Waals surface area contributed by atoms with Crippen LogP contribution in [0.25, 0.3) is 0 Å². The van der Waals surface area contributed by atoms with Gasteiger partial charge in [0.05, 0.1) is 11.5 Å². The Kier molecular flexibility index (Phi) is 5.72. The molecule has 1 saturated heterocycles. The van der Waals surface area contributed by atoms with Gasteiger partial charge >= 0.3 is 0 Å². The van der Waals surface area contributed by atoms with Gasteiger partial charge in [-0.3, -0.25) is 0 Å². The number of hydrogen-bond acceptors (Lipinski definition) is 4. The summed E-state index contributed by atoms with van der Waals surface area (Å²) in [5.74, 6) is 0.275. The van der Waals surface area contributed by atoms with Crippen LogP contribution in [0.5, 0.6) is 0 Å². The predicted molar refractivity (Wildman–Crippen MR) is 82.5 cm³/mol. The van der Waals surface area contributed by atoms with E-state index in [2.05, 4.69) is 10.2 Å². The highest BCUT2D eigenvalue weighted by atomic mass is 32.2. The van der Waals surface area contributed by atoms with Gasteiger partial charge in [-0.2, -0.15) is 0 Å². The van der Waals surface area contributed by atoms with Crippen molar-refractivity contribution >= 4 is 9.84 Å². The molecular weight excluding hydrogens is 291 g/mol. The van der Waals surface area contributed by atoms with E-state index in [0.717, 1.165) is 25.1 Å². The summed E-state index contributed by atoms with van der Waals surface area (Å²) in [5, 5.41) is 3.37. The van der Waals surface area contributed by atoms with Crippen LogP contribution in [0.2, 0.25) is 0 Å². The summed E-state index contributed by atoms with van der Waals surface area (Å²) in [6.07, 6.45) is 0.845. The molecular formula is C15H23FN2O2S. The first-order valence-corrected chi connectivity index (χ1v) is 9.24. The van der Waals surface area contributed by atoms with E-state index in [0.29, 0.717) is 13.1 Å². The number of hydrogen-bond donors (Lipinski definition) is 1. The third kappa shape index (κ3) is 5.05. The second kappa shape index (κ2) is 7.33. The number of nitrogens with one attached hydrogen (secondary N) is 1. The normalized spacial score (nSPS) is 20.3. The number of halogens is 1. The molecule has 1 fully saturated rings. The average Bonchev–Trinajstić information content (AvgIpc) is 2.44. The van der Waals surface area contributed by atoms with Gasteiger partial charge in [0.2, 0.25) is 0 Å². The van der Waals surface area contributed by atoms with Gasteiger partial charge in [0.25, 0.3) is 0 Å². The maximum absolute atomic E-state index is 13.3. The minimum atomic E-state index is -2.83. The molecule has 21 heavy (non-hydrogen) atoms. The number of nitrogens with zero attached hydrogens (tertiary/aromatic N) is 1. The predicted octanol–water partition coefficient (Wildman–Crippen LogP) is 1.60. The fraction of sp³-hybridized carbons (Fsp3) is 0.600. The van der Waals surface area contributed by atoms with E-state index in [1.54, 1.807) is 12.1 Å². The molecule has 0 amide bonds. The van der Waals surface area contributed by atoms with Crippen LogP contribution in [0, 0.1) is 5.82 Å². The number of rotatable bonds is 6. The van der Waals surface area contributed by atoms with Crippen LogP contribution in [-0.4, -0.2) is 51.0 Å². The van der Waals surface area contributed by atoms with E-state index in [-0.39, 0.29) is 23.4 Å². The van der Waals surface area contributed by atoms with Gasteiger partial charge in [0.15, 0.2) is 9.84 Å². The molecule has 2 rings (SSSR count). The fourth-order valence-corrected chi connectivity index (χ4v) is 3.92. The zero-order valence-corrected chi connectivity index (χ0v) is 13.2. The van der Waals surface area contributed by atoms with Crippen molar-refractivity contribution in [3.63, 3.8) is 0 Å². The van der Waals surface area contributed by atoms with Gasteiger partial charge < -0.3 is 10.2 Å². The van der Waals surface area contributed by atoms with E-state index in [9.17, 15) is 12.8 Å². The van der Waals surface area contributed by atoms with Crippen molar-refractivity contribution in [2.45, 2.75) is 19.4 Å². The van der Waals surface area contributed by atoms with Crippen molar-refractivity contribution in [3.8, 4) is 0 Å². The van der Waals surface area contributed by atoms with E-state index in [1.165, 1.54) is 6.07 Å². The van der Waals surface area contributed by atoms with E-state index in [1.807, 2.05) is 13.0 Å². The van der Waals surface area contributed by atoms with Crippen molar-refractivity contribution in [1.82, 2.24) is 10.2 Å². The molecule has 0 radical (unpaired) electrons. The zero-order chi connectivity index (χ0) is 15.3. The summed E-state index contributed by atoms with van der Waals surface area (Å²) < 4.78 is 36.2. The van der Waals surface area contributed by atoms with Crippen molar-refractivity contribution in [3.05, 3.63) is 35.6 Å².